The molecule has 0 spiro atoms. The van der Waals surface area contributed by atoms with Gasteiger partial charge < -0.3 is 4.57 Å². The highest BCUT2D eigenvalue weighted by Crippen LogP contribution is 2.06. The van der Waals surface area contributed by atoms with E-state index in [0.717, 1.165) is 11.1 Å². The smallest absolute Gasteiger partial charge is 0.271 e. The number of pyridine rings is 1. The van der Waals surface area contributed by atoms with Crippen LogP contribution in [0.3, 0.4) is 0 Å². The Morgan fingerprint density at radius 2 is 1.52 bits per heavy atom. The summed E-state index contributed by atoms with van der Waals surface area (Å²) in [5.41, 5.74) is 7.08. The summed E-state index contributed by atoms with van der Waals surface area (Å²) in [5, 5.41) is 0. The topological polar surface area (TPSA) is 80.2 Å². The largest absolute Gasteiger partial charge is 0.310 e. The Kier molecular flexibility index (Phi) is 5.47. The van der Waals surface area contributed by atoms with Crippen LogP contribution in [0.1, 0.15) is 31.8 Å². The van der Waals surface area contributed by atoms with Gasteiger partial charge in [0.1, 0.15) is 0 Å². The second-order valence-electron chi connectivity index (χ2n) is 6.09. The number of benzene rings is 2. The Hall–Kier alpha value is -3.67. The Morgan fingerprint density at radius 1 is 0.852 bits per heavy atom. The number of nitrogens with zero attached hydrogens (tertiary/aromatic N) is 1. The van der Waals surface area contributed by atoms with Crippen molar-refractivity contribution >= 4 is 11.8 Å². The number of hydrogen-bond acceptors (Lipinski definition) is 3. The van der Waals surface area contributed by atoms with Crippen molar-refractivity contribution < 1.29 is 9.59 Å². The third kappa shape index (κ3) is 4.49. The van der Waals surface area contributed by atoms with Gasteiger partial charge in [0.25, 0.3) is 17.4 Å². The zero-order chi connectivity index (χ0) is 19.2. The van der Waals surface area contributed by atoms with E-state index in [0.29, 0.717) is 12.1 Å². The number of amides is 2. The predicted molar refractivity (Wildman–Crippen MR) is 102 cm³/mol. The number of aryl methyl sites for hydroxylation is 1. The summed E-state index contributed by atoms with van der Waals surface area (Å²) in [6.45, 7) is 2.17. The van der Waals surface area contributed by atoms with Crippen LogP contribution in [0.5, 0.6) is 0 Å². The molecule has 27 heavy (non-hydrogen) atoms. The second kappa shape index (κ2) is 8.14. The maximum atomic E-state index is 12.3. The number of carbonyl (C=O) groups excluding carboxylic acids is 2. The summed E-state index contributed by atoms with van der Waals surface area (Å²) < 4.78 is 1.45. The number of hydrogen-bond donors (Lipinski definition) is 2. The van der Waals surface area contributed by atoms with E-state index in [4.69, 9.17) is 0 Å². The summed E-state index contributed by atoms with van der Waals surface area (Å²) in [4.78, 5) is 36.6. The molecule has 0 aliphatic rings. The van der Waals surface area contributed by atoms with Crippen molar-refractivity contribution in [2.45, 2.75) is 13.5 Å². The summed E-state index contributed by atoms with van der Waals surface area (Å²) in [7, 11) is 0. The standard InChI is InChI=1S/C21H19N3O3/c1-15-7-5-6-10-18(15)21(27)23-22-20(26)17-11-12-19(25)24(14-17)13-16-8-3-2-4-9-16/h2-12,14H,13H2,1H3,(H,22,26)(H,23,27). The van der Waals surface area contributed by atoms with Gasteiger partial charge in [-0.25, -0.2) is 0 Å². The maximum Gasteiger partial charge on any atom is 0.271 e. The molecule has 0 fully saturated rings. The van der Waals surface area contributed by atoms with E-state index in [1.807, 2.05) is 49.4 Å². The van der Waals surface area contributed by atoms with Crippen molar-refractivity contribution in [2.75, 3.05) is 0 Å². The van der Waals surface area contributed by atoms with Crippen molar-refractivity contribution in [1.29, 1.82) is 0 Å². The van der Waals surface area contributed by atoms with Crippen LogP contribution >= 0.6 is 0 Å². The molecule has 3 aromatic rings. The monoisotopic (exact) mass is 361 g/mol. The predicted octanol–water partition coefficient (Wildman–Crippen LogP) is 2.28. The first-order valence-corrected chi connectivity index (χ1v) is 8.45. The average Bonchev–Trinajstić information content (AvgIpc) is 2.68. The van der Waals surface area contributed by atoms with Crippen molar-refractivity contribution in [1.82, 2.24) is 15.4 Å². The molecular formula is C21H19N3O3. The van der Waals surface area contributed by atoms with Gasteiger partial charge in [-0.15, -0.1) is 0 Å². The summed E-state index contributed by atoms with van der Waals surface area (Å²) in [6, 6.07) is 19.3. The fourth-order valence-electron chi connectivity index (χ4n) is 2.65. The molecule has 0 saturated carbocycles. The Morgan fingerprint density at radius 3 is 2.26 bits per heavy atom. The van der Waals surface area contributed by atoms with Gasteiger partial charge in [-0.1, -0.05) is 48.5 Å². The molecule has 0 atom stereocenters. The molecule has 0 saturated heterocycles. The van der Waals surface area contributed by atoms with Crippen LogP contribution in [0.25, 0.3) is 0 Å². The van der Waals surface area contributed by atoms with Gasteiger partial charge in [0.2, 0.25) is 0 Å². The first-order valence-electron chi connectivity index (χ1n) is 8.45. The van der Waals surface area contributed by atoms with Crippen molar-refractivity contribution in [2.24, 2.45) is 0 Å². The van der Waals surface area contributed by atoms with Gasteiger partial charge in [-0.2, -0.15) is 0 Å². The third-order valence-corrected chi connectivity index (χ3v) is 4.12. The van der Waals surface area contributed by atoms with E-state index in [2.05, 4.69) is 10.9 Å². The first-order chi connectivity index (χ1) is 13.0. The van der Waals surface area contributed by atoms with Gasteiger partial charge >= 0.3 is 0 Å². The molecule has 2 N–H and O–H groups in total. The molecule has 6 heteroatoms. The van der Waals surface area contributed by atoms with E-state index < -0.39 is 11.8 Å². The highest BCUT2D eigenvalue weighted by Gasteiger charge is 2.12. The summed E-state index contributed by atoms with van der Waals surface area (Å²) in [5.74, 6) is -0.905. The molecule has 0 radical (unpaired) electrons. The quantitative estimate of drug-likeness (QED) is 0.700. The molecule has 2 amide bonds. The van der Waals surface area contributed by atoms with Gasteiger partial charge in [0.05, 0.1) is 12.1 Å². The molecule has 6 nitrogen and oxygen atoms in total. The lowest BCUT2D eigenvalue weighted by molar-refractivity contribution is 0.0846. The van der Waals surface area contributed by atoms with Gasteiger partial charge in [0.15, 0.2) is 0 Å². The van der Waals surface area contributed by atoms with Crippen LogP contribution in [0.4, 0.5) is 0 Å². The van der Waals surface area contributed by atoms with Crippen LogP contribution in [-0.4, -0.2) is 16.4 Å². The average molecular weight is 361 g/mol. The van der Waals surface area contributed by atoms with Crippen molar-refractivity contribution in [3.8, 4) is 0 Å². The zero-order valence-electron chi connectivity index (χ0n) is 14.8. The summed E-state index contributed by atoms with van der Waals surface area (Å²) in [6.07, 6.45) is 1.48. The van der Waals surface area contributed by atoms with Crippen LogP contribution in [0.15, 0.2) is 77.7 Å². The summed E-state index contributed by atoms with van der Waals surface area (Å²) >= 11 is 0. The highest BCUT2D eigenvalue weighted by molar-refractivity contribution is 5.99. The van der Waals surface area contributed by atoms with Crippen LogP contribution < -0.4 is 16.4 Å². The van der Waals surface area contributed by atoms with E-state index in [1.54, 1.807) is 12.1 Å². The number of carbonyl (C=O) groups is 2. The Balaban J connectivity index is 1.70. The van der Waals surface area contributed by atoms with Gasteiger partial charge in [0, 0.05) is 17.8 Å². The SMILES string of the molecule is Cc1ccccc1C(=O)NNC(=O)c1ccc(=O)n(Cc2ccccc2)c1. The highest BCUT2D eigenvalue weighted by atomic mass is 16.2. The maximum absolute atomic E-state index is 12.3. The number of rotatable bonds is 4. The molecule has 1 heterocycles. The van der Waals surface area contributed by atoms with Crippen molar-refractivity contribution in [3.05, 3.63) is 106 Å². The van der Waals surface area contributed by atoms with E-state index >= 15 is 0 Å². The second-order valence-corrected chi connectivity index (χ2v) is 6.09. The van der Waals surface area contributed by atoms with Crippen LogP contribution in [0, 0.1) is 6.92 Å². The van der Waals surface area contributed by atoms with E-state index in [1.165, 1.54) is 22.9 Å². The molecule has 1 aromatic heterocycles. The third-order valence-electron chi connectivity index (χ3n) is 4.12. The Bertz CT molecular complexity index is 1030. The minimum Gasteiger partial charge on any atom is -0.310 e. The van der Waals surface area contributed by atoms with Gasteiger partial charge in [-0.3, -0.25) is 25.2 Å². The van der Waals surface area contributed by atoms with Crippen LogP contribution in [-0.2, 0) is 6.54 Å². The minimum atomic E-state index is -0.501. The van der Waals surface area contributed by atoms with E-state index in [9.17, 15) is 14.4 Å². The molecule has 0 aliphatic heterocycles. The minimum absolute atomic E-state index is 0.209. The lowest BCUT2D eigenvalue weighted by Crippen LogP contribution is -2.42. The molecule has 2 aromatic carbocycles. The molecule has 0 bridgehead atoms. The zero-order valence-corrected chi connectivity index (χ0v) is 14.8. The molecular weight excluding hydrogens is 342 g/mol. The fourth-order valence-corrected chi connectivity index (χ4v) is 2.65. The first kappa shape index (κ1) is 18.1. The number of nitrogens with one attached hydrogen (secondary N) is 2. The normalized spacial score (nSPS) is 10.3. The number of aromatic nitrogens is 1. The molecule has 0 aliphatic carbocycles. The Labute approximate surface area is 156 Å². The lowest BCUT2D eigenvalue weighted by Gasteiger charge is -2.11. The van der Waals surface area contributed by atoms with Crippen LogP contribution in [0.2, 0.25) is 0 Å². The molecule has 0 unspecified atom stereocenters. The van der Waals surface area contributed by atoms with Crippen molar-refractivity contribution in [3.63, 3.8) is 0 Å². The molecule has 136 valence electrons. The van der Waals surface area contributed by atoms with Gasteiger partial charge in [-0.05, 0) is 30.2 Å². The van der Waals surface area contributed by atoms with E-state index in [-0.39, 0.29) is 11.1 Å². The number of hydrazine groups is 1. The lowest BCUT2D eigenvalue weighted by atomic mass is 10.1. The molecule has 3 rings (SSSR count). The fraction of sp³-hybridized carbons (Fsp3) is 0.0952.